The number of amides is 1. The zero-order valence-corrected chi connectivity index (χ0v) is 14.4. The number of hydrogen-bond donors (Lipinski definition) is 2. The molecule has 0 spiro atoms. The first-order chi connectivity index (χ1) is 11.1. The van der Waals surface area contributed by atoms with Gasteiger partial charge < -0.3 is 15.4 Å². The van der Waals surface area contributed by atoms with Crippen molar-refractivity contribution in [1.82, 2.24) is 10.6 Å². The molecule has 0 heterocycles. The van der Waals surface area contributed by atoms with Crippen LogP contribution in [-0.2, 0) is 11.3 Å². The predicted molar refractivity (Wildman–Crippen MR) is 93.3 cm³/mol. The predicted octanol–water partition coefficient (Wildman–Crippen LogP) is 3.86. The minimum absolute atomic E-state index is 0.180. The molecule has 1 aromatic carbocycles. The van der Waals surface area contributed by atoms with Crippen molar-refractivity contribution in [2.24, 2.45) is 5.92 Å². The van der Waals surface area contributed by atoms with Crippen molar-refractivity contribution in [2.45, 2.75) is 64.6 Å². The maximum absolute atomic E-state index is 12.1. The molecule has 1 fully saturated rings. The van der Waals surface area contributed by atoms with E-state index in [1.807, 2.05) is 30.3 Å². The Morgan fingerprint density at radius 1 is 1.17 bits per heavy atom. The van der Waals surface area contributed by atoms with Gasteiger partial charge in [0, 0.05) is 12.1 Å². The Morgan fingerprint density at radius 3 is 2.57 bits per heavy atom. The maximum atomic E-state index is 12.1. The number of nitrogens with one attached hydrogen (secondary N) is 2. The number of carbonyl (C=O) groups excluding carboxylic acids is 1. The summed E-state index contributed by atoms with van der Waals surface area (Å²) >= 11 is 0. The van der Waals surface area contributed by atoms with Crippen LogP contribution in [0.1, 0.15) is 51.5 Å². The quantitative estimate of drug-likeness (QED) is 0.802. The van der Waals surface area contributed by atoms with Gasteiger partial charge in [-0.25, -0.2) is 4.79 Å². The zero-order chi connectivity index (χ0) is 16.5. The fourth-order valence-corrected chi connectivity index (χ4v) is 3.02. The molecular formula is C19H30N2O2. The van der Waals surface area contributed by atoms with Crippen molar-refractivity contribution >= 4 is 6.09 Å². The standard InChI is InChI=1S/C19H30N2O2/c1-15(2)12-13-20-17-10-6-7-11-18(17)21-19(22)23-14-16-8-4-3-5-9-16/h3-5,8-9,15,17-18,20H,6-7,10-14H2,1-2H3,(H,21,22)/t17-,18-/m1/s1. The summed E-state index contributed by atoms with van der Waals surface area (Å²) < 4.78 is 5.34. The van der Waals surface area contributed by atoms with Gasteiger partial charge in [-0.15, -0.1) is 0 Å². The molecule has 2 atom stereocenters. The van der Waals surface area contributed by atoms with Gasteiger partial charge in [-0.1, -0.05) is 57.0 Å². The molecule has 1 amide bonds. The van der Waals surface area contributed by atoms with Crippen molar-refractivity contribution in [2.75, 3.05) is 6.54 Å². The molecule has 0 aromatic heterocycles. The molecule has 4 nitrogen and oxygen atoms in total. The van der Waals surface area contributed by atoms with E-state index in [4.69, 9.17) is 4.74 Å². The van der Waals surface area contributed by atoms with E-state index in [1.54, 1.807) is 0 Å². The average molecular weight is 318 g/mol. The second-order valence-corrected chi connectivity index (χ2v) is 6.84. The summed E-state index contributed by atoms with van der Waals surface area (Å²) in [5, 5.41) is 6.67. The van der Waals surface area contributed by atoms with Crippen LogP contribution in [0.25, 0.3) is 0 Å². The lowest BCUT2D eigenvalue weighted by Crippen LogP contribution is -2.52. The van der Waals surface area contributed by atoms with Crippen LogP contribution in [0.15, 0.2) is 30.3 Å². The van der Waals surface area contributed by atoms with Crippen LogP contribution in [0.5, 0.6) is 0 Å². The molecule has 1 aliphatic carbocycles. The molecule has 4 heteroatoms. The third-order valence-corrected chi connectivity index (χ3v) is 4.41. The van der Waals surface area contributed by atoms with Crippen LogP contribution < -0.4 is 10.6 Å². The minimum atomic E-state index is -0.309. The minimum Gasteiger partial charge on any atom is -0.445 e. The highest BCUT2D eigenvalue weighted by molar-refractivity contribution is 5.67. The number of alkyl carbamates (subject to hydrolysis) is 1. The Bertz CT molecular complexity index is 462. The lowest BCUT2D eigenvalue weighted by Gasteiger charge is -2.32. The number of hydrogen-bond acceptors (Lipinski definition) is 3. The van der Waals surface area contributed by atoms with Crippen molar-refractivity contribution in [1.29, 1.82) is 0 Å². The third-order valence-electron chi connectivity index (χ3n) is 4.41. The smallest absolute Gasteiger partial charge is 0.407 e. The summed E-state index contributed by atoms with van der Waals surface area (Å²) in [5.74, 6) is 0.702. The maximum Gasteiger partial charge on any atom is 0.407 e. The molecular weight excluding hydrogens is 288 g/mol. The van der Waals surface area contributed by atoms with Crippen LogP contribution in [0, 0.1) is 5.92 Å². The van der Waals surface area contributed by atoms with Gasteiger partial charge in [0.05, 0.1) is 0 Å². The topological polar surface area (TPSA) is 50.4 Å². The number of carbonyl (C=O) groups is 1. The number of rotatable bonds is 7. The number of ether oxygens (including phenoxy) is 1. The second kappa shape index (κ2) is 9.56. The summed E-state index contributed by atoms with van der Waals surface area (Å²) in [5.41, 5.74) is 1.01. The SMILES string of the molecule is CC(C)CCN[C@@H]1CCCC[C@H]1NC(=O)OCc1ccccc1. The van der Waals surface area contributed by atoms with Crippen LogP contribution >= 0.6 is 0 Å². The Morgan fingerprint density at radius 2 is 1.87 bits per heavy atom. The molecule has 0 unspecified atom stereocenters. The highest BCUT2D eigenvalue weighted by Gasteiger charge is 2.26. The van der Waals surface area contributed by atoms with Crippen molar-refractivity contribution in [3.8, 4) is 0 Å². The van der Waals surface area contributed by atoms with Gasteiger partial charge in [0.2, 0.25) is 0 Å². The molecule has 1 aliphatic rings. The van der Waals surface area contributed by atoms with Gasteiger partial charge in [-0.05, 0) is 37.3 Å². The van der Waals surface area contributed by atoms with Gasteiger partial charge >= 0.3 is 6.09 Å². The highest BCUT2D eigenvalue weighted by atomic mass is 16.5. The van der Waals surface area contributed by atoms with Crippen LogP contribution in [0.2, 0.25) is 0 Å². The van der Waals surface area contributed by atoms with Crippen molar-refractivity contribution in [3.63, 3.8) is 0 Å². The molecule has 1 aromatic rings. The molecule has 2 rings (SSSR count). The molecule has 0 aliphatic heterocycles. The molecule has 0 bridgehead atoms. The van der Waals surface area contributed by atoms with Crippen molar-refractivity contribution in [3.05, 3.63) is 35.9 Å². The van der Waals surface area contributed by atoms with Crippen LogP contribution in [0.4, 0.5) is 4.79 Å². The van der Waals surface area contributed by atoms with E-state index in [-0.39, 0.29) is 12.1 Å². The van der Waals surface area contributed by atoms with E-state index in [2.05, 4.69) is 24.5 Å². The molecule has 2 N–H and O–H groups in total. The normalized spacial score (nSPS) is 21.2. The molecule has 1 saturated carbocycles. The third kappa shape index (κ3) is 6.61. The summed E-state index contributed by atoms with van der Waals surface area (Å²) in [4.78, 5) is 12.1. The summed E-state index contributed by atoms with van der Waals surface area (Å²) in [6, 6.07) is 10.3. The summed E-state index contributed by atoms with van der Waals surface area (Å²) in [6.07, 6.45) is 5.42. The van der Waals surface area contributed by atoms with E-state index in [1.165, 1.54) is 19.3 Å². The van der Waals surface area contributed by atoms with Gasteiger partial charge in [0.1, 0.15) is 6.61 Å². The molecule has 23 heavy (non-hydrogen) atoms. The van der Waals surface area contributed by atoms with Crippen LogP contribution in [0.3, 0.4) is 0 Å². The first-order valence-corrected chi connectivity index (χ1v) is 8.85. The fraction of sp³-hybridized carbons (Fsp3) is 0.632. The molecule has 0 saturated heterocycles. The van der Waals surface area contributed by atoms with E-state index < -0.39 is 0 Å². The first-order valence-electron chi connectivity index (χ1n) is 8.85. The zero-order valence-electron chi connectivity index (χ0n) is 14.4. The average Bonchev–Trinajstić information content (AvgIpc) is 2.55. The Kier molecular flexibility index (Phi) is 7.40. The van der Waals surface area contributed by atoms with E-state index in [9.17, 15) is 4.79 Å². The van der Waals surface area contributed by atoms with Gasteiger partial charge in [-0.3, -0.25) is 0 Å². The fourth-order valence-electron chi connectivity index (χ4n) is 3.02. The van der Waals surface area contributed by atoms with Gasteiger partial charge in [0.15, 0.2) is 0 Å². The lowest BCUT2D eigenvalue weighted by atomic mass is 9.90. The Labute approximate surface area is 140 Å². The van der Waals surface area contributed by atoms with Gasteiger partial charge in [0.25, 0.3) is 0 Å². The monoisotopic (exact) mass is 318 g/mol. The Balaban J connectivity index is 1.75. The summed E-state index contributed by atoms with van der Waals surface area (Å²) in [6.45, 7) is 5.81. The molecule has 0 radical (unpaired) electrons. The van der Waals surface area contributed by atoms with E-state index >= 15 is 0 Å². The van der Waals surface area contributed by atoms with Crippen LogP contribution in [-0.4, -0.2) is 24.7 Å². The molecule has 128 valence electrons. The van der Waals surface area contributed by atoms with E-state index in [0.29, 0.717) is 18.6 Å². The lowest BCUT2D eigenvalue weighted by molar-refractivity contribution is 0.129. The first kappa shape index (κ1) is 17.8. The second-order valence-electron chi connectivity index (χ2n) is 6.84. The highest BCUT2D eigenvalue weighted by Crippen LogP contribution is 2.19. The largest absolute Gasteiger partial charge is 0.445 e. The van der Waals surface area contributed by atoms with Gasteiger partial charge in [-0.2, -0.15) is 0 Å². The van der Waals surface area contributed by atoms with Crippen molar-refractivity contribution < 1.29 is 9.53 Å². The number of benzene rings is 1. The van der Waals surface area contributed by atoms with E-state index in [0.717, 1.165) is 24.9 Å². The Hall–Kier alpha value is -1.55. The summed E-state index contributed by atoms with van der Waals surface area (Å²) in [7, 11) is 0.